The van der Waals surface area contributed by atoms with Crippen LogP contribution in [0.5, 0.6) is 0 Å². The molecule has 4 heteroatoms. The summed E-state index contributed by atoms with van der Waals surface area (Å²) in [6.45, 7) is 2.67. The van der Waals surface area contributed by atoms with Gasteiger partial charge in [-0.05, 0) is 82.0 Å². The molecule has 3 aliphatic carbocycles. The first kappa shape index (κ1) is 22.1. The molecule has 0 unspecified atom stereocenters. The zero-order valence-corrected chi connectivity index (χ0v) is 18.2. The number of hydrogen-bond donors (Lipinski definition) is 0. The highest BCUT2D eigenvalue weighted by atomic mass is 16.7. The van der Waals surface area contributed by atoms with Gasteiger partial charge in [0.15, 0.2) is 0 Å². The molecule has 0 spiro atoms. The third kappa shape index (κ3) is 6.45. The zero-order chi connectivity index (χ0) is 19.8. The van der Waals surface area contributed by atoms with Gasteiger partial charge in [0.1, 0.15) is 12.9 Å². The minimum atomic E-state index is 0.0497. The SMILES string of the molecule is CCCC1CCC(C2CCC(OC(=O)C3CCC(OCOC)CC3)CC2)CC1. The van der Waals surface area contributed by atoms with Crippen molar-refractivity contribution >= 4 is 5.97 Å². The lowest BCUT2D eigenvalue weighted by Gasteiger charge is -2.38. The Bertz CT molecular complexity index is 442. The number of carbonyl (C=O) groups excluding carboxylic acids is 1. The van der Waals surface area contributed by atoms with Gasteiger partial charge in [0.05, 0.1) is 12.0 Å². The second kappa shape index (κ2) is 11.5. The third-order valence-electron chi connectivity index (χ3n) is 7.69. The highest BCUT2D eigenvalue weighted by molar-refractivity contribution is 5.72. The second-order valence-electron chi connectivity index (χ2n) is 9.59. The van der Waals surface area contributed by atoms with E-state index in [1.165, 1.54) is 51.4 Å². The average Bonchev–Trinajstić information content (AvgIpc) is 2.74. The van der Waals surface area contributed by atoms with Crippen LogP contribution in [0.4, 0.5) is 0 Å². The summed E-state index contributed by atoms with van der Waals surface area (Å²) < 4.78 is 16.5. The first-order chi connectivity index (χ1) is 13.7. The van der Waals surface area contributed by atoms with E-state index >= 15 is 0 Å². The number of esters is 1. The van der Waals surface area contributed by atoms with Crippen LogP contribution >= 0.6 is 0 Å². The predicted molar refractivity (Wildman–Crippen MR) is 111 cm³/mol. The van der Waals surface area contributed by atoms with Crippen LogP contribution in [0.3, 0.4) is 0 Å². The molecule has 0 aliphatic heterocycles. The van der Waals surface area contributed by atoms with E-state index < -0.39 is 0 Å². The van der Waals surface area contributed by atoms with E-state index in [-0.39, 0.29) is 24.1 Å². The van der Waals surface area contributed by atoms with Crippen molar-refractivity contribution in [2.24, 2.45) is 23.7 Å². The van der Waals surface area contributed by atoms with Crippen molar-refractivity contribution in [3.63, 3.8) is 0 Å². The van der Waals surface area contributed by atoms with E-state index in [0.717, 1.165) is 56.3 Å². The van der Waals surface area contributed by atoms with Gasteiger partial charge in [-0.15, -0.1) is 0 Å². The molecule has 3 saturated carbocycles. The summed E-state index contributed by atoms with van der Waals surface area (Å²) in [5.41, 5.74) is 0. The number of rotatable bonds is 8. The summed E-state index contributed by atoms with van der Waals surface area (Å²) in [4.78, 5) is 12.6. The van der Waals surface area contributed by atoms with Gasteiger partial charge in [0.2, 0.25) is 0 Å². The van der Waals surface area contributed by atoms with Crippen molar-refractivity contribution in [1.82, 2.24) is 0 Å². The quantitative estimate of drug-likeness (QED) is 0.381. The molecule has 0 heterocycles. The van der Waals surface area contributed by atoms with E-state index in [1.807, 2.05) is 0 Å². The monoisotopic (exact) mass is 394 g/mol. The average molecular weight is 395 g/mol. The van der Waals surface area contributed by atoms with Gasteiger partial charge in [-0.3, -0.25) is 4.79 Å². The molecule has 0 aromatic heterocycles. The first-order valence-electron chi connectivity index (χ1n) is 12.0. The minimum Gasteiger partial charge on any atom is -0.462 e. The summed E-state index contributed by atoms with van der Waals surface area (Å²) in [6, 6.07) is 0. The van der Waals surface area contributed by atoms with E-state index in [1.54, 1.807) is 7.11 Å². The molecule has 0 radical (unpaired) electrons. The summed E-state index contributed by atoms with van der Waals surface area (Å²) in [5, 5.41) is 0. The molecular weight excluding hydrogens is 352 g/mol. The molecule has 4 nitrogen and oxygen atoms in total. The van der Waals surface area contributed by atoms with E-state index in [2.05, 4.69) is 6.92 Å². The Morgan fingerprint density at radius 3 is 1.93 bits per heavy atom. The topological polar surface area (TPSA) is 44.8 Å². The Morgan fingerprint density at radius 2 is 1.36 bits per heavy atom. The van der Waals surface area contributed by atoms with Crippen molar-refractivity contribution < 1.29 is 19.0 Å². The fourth-order valence-corrected chi connectivity index (χ4v) is 5.92. The molecule has 0 bridgehead atoms. The summed E-state index contributed by atoms with van der Waals surface area (Å²) in [5.74, 6) is 2.94. The lowest BCUT2D eigenvalue weighted by atomic mass is 9.70. The molecule has 28 heavy (non-hydrogen) atoms. The van der Waals surface area contributed by atoms with Crippen molar-refractivity contribution in [2.45, 2.75) is 109 Å². The van der Waals surface area contributed by atoms with E-state index in [9.17, 15) is 4.79 Å². The number of methoxy groups -OCH3 is 1. The first-order valence-corrected chi connectivity index (χ1v) is 12.0. The minimum absolute atomic E-state index is 0.0497. The van der Waals surface area contributed by atoms with Crippen LogP contribution in [0, 0.1) is 23.7 Å². The van der Waals surface area contributed by atoms with Crippen LogP contribution in [0.2, 0.25) is 0 Å². The standard InChI is InChI=1S/C24H42O4/c1-3-4-18-5-7-19(8-6-18)20-9-15-23(16-10-20)28-24(25)21-11-13-22(14-12-21)27-17-26-2/h18-23H,3-17H2,1-2H3. The smallest absolute Gasteiger partial charge is 0.309 e. The van der Waals surface area contributed by atoms with Gasteiger partial charge in [-0.25, -0.2) is 0 Å². The Balaban J connectivity index is 1.32. The Hall–Kier alpha value is -0.610. The number of hydrogen-bond acceptors (Lipinski definition) is 4. The van der Waals surface area contributed by atoms with Crippen LogP contribution in [-0.4, -0.2) is 32.1 Å². The van der Waals surface area contributed by atoms with Crippen molar-refractivity contribution in [3.8, 4) is 0 Å². The molecule has 3 rings (SSSR count). The zero-order valence-electron chi connectivity index (χ0n) is 18.2. The van der Waals surface area contributed by atoms with Gasteiger partial charge >= 0.3 is 5.97 Å². The fourth-order valence-electron chi connectivity index (χ4n) is 5.92. The Morgan fingerprint density at radius 1 is 0.786 bits per heavy atom. The molecule has 0 amide bonds. The lowest BCUT2D eigenvalue weighted by molar-refractivity contribution is -0.159. The number of ether oxygens (including phenoxy) is 3. The van der Waals surface area contributed by atoms with Gasteiger partial charge in [0.25, 0.3) is 0 Å². The molecule has 0 atom stereocenters. The highest BCUT2D eigenvalue weighted by Gasteiger charge is 2.34. The maximum atomic E-state index is 12.6. The maximum absolute atomic E-state index is 12.6. The van der Waals surface area contributed by atoms with Crippen LogP contribution in [-0.2, 0) is 19.0 Å². The van der Waals surface area contributed by atoms with Crippen LogP contribution in [0.15, 0.2) is 0 Å². The summed E-state index contributed by atoms with van der Waals surface area (Å²) in [6.07, 6.45) is 17.3. The van der Waals surface area contributed by atoms with Gasteiger partial charge in [-0.1, -0.05) is 32.6 Å². The van der Waals surface area contributed by atoms with Crippen LogP contribution < -0.4 is 0 Å². The molecular formula is C24H42O4. The Kier molecular flexibility index (Phi) is 9.10. The predicted octanol–water partition coefficient (Wildman–Crippen LogP) is 5.87. The van der Waals surface area contributed by atoms with Crippen molar-refractivity contribution in [3.05, 3.63) is 0 Å². The van der Waals surface area contributed by atoms with E-state index in [4.69, 9.17) is 14.2 Å². The number of carbonyl (C=O) groups is 1. The largest absolute Gasteiger partial charge is 0.462 e. The normalized spacial score (nSPS) is 36.8. The lowest BCUT2D eigenvalue weighted by Crippen LogP contribution is -2.33. The Labute approximate surface area is 172 Å². The highest BCUT2D eigenvalue weighted by Crippen LogP contribution is 2.41. The van der Waals surface area contributed by atoms with Crippen molar-refractivity contribution in [1.29, 1.82) is 0 Å². The van der Waals surface area contributed by atoms with Gasteiger partial charge in [-0.2, -0.15) is 0 Å². The third-order valence-corrected chi connectivity index (χ3v) is 7.69. The second-order valence-corrected chi connectivity index (χ2v) is 9.59. The molecule has 0 N–H and O–H groups in total. The van der Waals surface area contributed by atoms with E-state index in [0.29, 0.717) is 6.79 Å². The molecule has 0 saturated heterocycles. The molecule has 3 fully saturated rings. The van der Waals surface area contributed by atoms with Crippen LogP contribution in [0.25, 0.3) is 0 Å². The summed E-state index contributed by atoms with van der Waals surface area (Å²) >= 11 is 0. The molecule has 162 valence electrons. The fraction of sp³-hybridized carbons (Fsp3) is 0.958. The summed E-state index contributed by atoms with van der Waals surface area (Å²) in [7, 11) is 1.65. The van der Waals surface area contributed by atoms with Gasteiger partial charge in [0, 0.05) is 7.11 Å². The molecule has 3 aliphatic rings. The molecule has 0 aromatic carbocycles. The molecule has 0 aromatic rings. The maximum Gasteiger partial charge on any atom is 0.309 e. The van der Waals surface area contributed by atoms with Crippen LogP contribution in [0.1, 0.15) is 96.8 Å². The van der Waals surface area contributed by atoms with Gasteiger partial charge < -0.3 is 14.2 Å². The van der Waals surface area contributed by atoms with Crippen molar-refractivity contribution in [2.75, 3.05) is 13.9 Å².